The molecule has 0 fully saturated rings. The predicted octanol–water partition coefficient (Wildman–Crippen LogP) is 16.3. The summed E-state index contributed by atoms with van der Waals surface area (Å²) in [6, 6.07) is 0. The van der Waals surface area contributed by atoms with Crippen molar-refractivity contribution in [3.63, 3.8) is 0 Å². The van der Waals surface area contributed by atoms with Crippen LogP contribution in [0.4, 0.5) is 0 Å². The molecule has 0 radical (unpaired) electrons. The van der Waals surface area contributed by atoms with Crippen LogP contribution in [0.1, 0.15) is 226 Å². The lowest BCUT2D eigenvalue weighted by Gasteiger charge is -2.18. The summed E-state index contributed by atoms with van der Waals surface area (Å²) in [5, 5.41) is 0. The molecule has 1 unspecified atom stereocenters. The van der Waals surface area contributed by atoms with Gasteiger partial charge in [0, 0.05) is 19.4 Å². The van der Waals surface area contributed by atoms with Crippen molar-refractivity contribution < 1.29 is 23.8 Å². The molecule has 5 heteroatoms. The molecule has 58 heavy (non-hydrogen) atoms. The lowest BCUT2D eigenvalue weighted by Crippen LogP contribution is -2.30. The first kappa shape index (κ1) is 55.3. The van der Waals surface area contributed by atoms with Gasteiger partial charge >= 0.3 is 11.9 Å². The Labute approximate surface area is 359 Å². The lowest BCUT2D eigenvalue weighted by atomic mass is 10.1. The first-order valence-electron chi connectivity index (χ1n) is 24.5. The fourth-order valence-corrected chi connectivity index (χ4v) is 6.59. The Balaban J connectivity index is 4.24. The molecule has 0 amide bonds. The third-order valence-corrected chi connectivity index (χ3v) is 10.2. The zero-order valence-electron chi connectivity index (χ0n) is 38.3. The van der Waals surface area contributed by atoms with Crippen molar-refractivity contribution in [2.45, 2.75) is 232 Å². The van der Waals surface area contributed by atoms with E-state index in [-0.39, 0.29) is 25.2 Å². The van der Waals surface area contributed by atoms with Crippen molar-refractivity contribution in [1.82, 2.24) is 0 Å². The highest BCUT2D eigenvalue weighted by atomic mass is 16.6. The molecule has 0 bridgehead atoms. The van der Waals surface area contributed by atoms with Crippen molar-refractivity contribution in [2.24, 2.45) is 0 Å². The number of hydrogen-bond acceptors (Lipinski definition) is 5. The van der Waals surface area contributed by atoms with E-state index in [1.54, 1.807) is 0 Å². The van der Waals surface area contributed by atoms with E-state index in [1.807, 2.05) is 0 Å². The van der Waals surface area contributed by atoms with E-state index in [4.69, 9.17) is 14.2 Å². The molecule has 0 N–H and O–H groups in total. The van der Waals surface area contributed by atoms with Crippen LogP contribution in [-0.4, -0.2) is 37.9 Å². The number of esters is 2. The van der Waals surface area contributed by atoms with Gasteiger partial charge in [0.1, 0.15) is 6.61 Å². The van der Waals surface area contributed by atoms with Crippen molar-refractivity contribution in [2.75, 3.05) is 19.8 Å². The molecule has 0 aliphatic heterocycles. The average molecular weight is 809 g/mol. The van der Waals surface area contributed by atoms with Gasteiger partial charge in [-0.15, -0.1) is 0 Å². The van der Waals surface area contributed by atoms with Crippen molar-refractivity contribution in [3.05, 3.63) is 72.9 Å². The monoisotopic (exact) mass is 809 g/mol. The van der Waals surface area contributed by atoms with Crippen LogP contribution in [0.25, 0.3) is 0 Å². The number of carbonyl (C=O) groups excluding carboxylic acids is 2. The SMILES string of the molecule is CC/C=C\C/C=C\C/C=C\C/C=C\CCCCCCC(=O)OCC(COCCCCCCCCCC)OC(=O)CCCCCCCCC/C=C\C/C=C\CCCCC. The minimum atomic E-state index is -0.549. The van der Waals surface area contributed by atoms with Gasteiger partial charge in [-0.2, -0.15) is 0 Å². The van der Waals surface area contributed by atoms with Crippen molar-refractivity contribution in [3.8, 4) is 0 Å². The summed E-state index contributed by atoms with van der Waals surface area (Å²) >= 11 is 0. The van der Waals surface area contributed by atoms with E-state index in [0.29, 0.717) is 19.4 Å². The first-order valence-corrected chi connectivity index (χ1v) is 24.5. The number of allylic oxidation sites excluding steroid dienone is 12. The lowest BCUT2D eigenvalue weighted by molar-refractivity contribution is -0.163. The summed E-state index contributed by atoms with van der Waals surface area (Å²) in [5.41, 5.74) is 0. The third kappa shape index (κ3) is 46.0. The van der Waals surface area contributed by atoms with E-state index in [1.165, 1.54) is 96.3 Å². The molecule has 0 aromatic heterocycles. The van der Waals surface area contributed by atoms with E-state index in [0.717, 1.165) is 96.3 Å². The van der Waals surface area contributed by atoms with E-state index >= 15 is 0 Å². The van der Waals surface area contributed by atoms with Crippen LogP contribution in [0.2, 0.25) is 0 Å². The minimum absolute atomic E-state index is 0.0682. The number of hydrogen-bond donors (Lipinski definition) is 0. The highest BCUT2D eigenvalue weighted by molar-refractivity contribution is 5.70. The fourth-order valence-electron chi connectivity index (χ4n) is 6.59. The van der Waals surface area contributed by atoms with Gasteiger partial charge in [-0.05, 0) is 89.9 Å². The van der Waals surface area contributed by atoms with Gasteiger partial charge in [0.05, 0.1) is 6.61 Å². The molecule has 0 aliphatic carbocycles. The Morgan fingerprint density at radius 3 is 1.28 bits per heavy atom. The number of ether oxygens (including phenoxy) is 3. The molecule has 0 saturated carbocycles. The van der Waals surface area contributed by atoms with Crippen molar-refractivity contribution >= 4 is 11.9 Å². The maximum atomic E-state index is 12.7. The fraction of sp³-hybridized carbons (Fsp3) is 0.736. The van der Waals surface area contributed by atoms with Crippen LogP contribution in [0.5, 0.6) is 0 Å². The summed E-state index contributed by atoms with van der Waals surface area (Å²) in [5.74, 6) is -0.433. The average Bonchev–Trinajstić information content (AvgIpc) is 3.22. The minimum Gasteiger partial charge on any atom is -0.462 e. The topological polar surface area (TPSA) is 61.8 Å². The molecular weight excluding hydrogens is 717 g/mol. The Bertz CT molecular complexity index is 1050. The maximum absolute atomic E-state index is 12.7. The summed E-state index contributed by atoms with van der Waals surface area (Å²) < 4.78 is 17.3. The van der Waals surface area contributed by atoms with E-state index in [9.17, 15) is 9.59 Å². The third-order valence-electron chi connectivity index (χ3n) is 10.2. The molecular formula is C53H92O5. The quantitative estimate of drug-likeness (QED) is 0.0348. The highest BCUT2D eigenvalue weighted by Crippen LogP contribution is 2.13. The van der Waals surface area contributed by atoms with Gasteiger partial charge < -0.3 is 14.2 Å². The Morgan fingerprint density at radius 1 is 0.397 bits per heavy atom. The first-order chi connectivity index (χ1) is 28.6. The standard InChI is InChI=1S/C53H92O5/c1-4-7-10-13-16-19-21-23-25-27-29-31-33-35-37-40-43-46-52(54)57-50-51(49-56-48-45-42-39-18-15-12-9-6-3)58-53(55)47-44-41-38-36-34-32-30-28-26-24-22-20-17-14-11-8-5-2/h7,10,16-17,19-20,23-26,29,31,51H,4-6,8-9,11-15,18,21-22,27-28,30,32-50H2,1-3H3/b10-7-,19-16-,20-17-,25-23-,26-24-,31-29-. The zero-order valence-corrected chi connectivity index (χ0v) is 38.3. The number of rotatable bonds is 44. The van der Waals surface area contributed by atoms with Crippen LogP contribution in [-0.2, 0) is 23.8 Å². The van der Waals surface area contributed by atoms with Crippen LogP contribution in [0.15, 0.2) is 72.9 Å². The van der Waals surface area contributed by atoms with Crippen LogP contribution < -0.4 is 0 Å². The summed E-state index contributed by atoms with van der Waals surface area (Å²) in [4.78, 5) is 25.3. The van der Waals surface area contributed by atoms with Gasteiger partial charge in [-0.3, -0.25) is 9.59 Å². The summed E-state index contributed by atoms with van der Waals surface area (Å²) in [6.07, 6.45) is 61.9. The van der Waals surface area contributed by atoms with Gasteiger partial charge in [-0.1, -0.05) is 196 Å². The number of unbranched alkanes of at least 4 members (excludes halogenated alkanes) is 21. The zero-order chi connectivity index (χ0) is 42.1. The molecule has 0 aromatic carbocycles. The molecule has 5 nitrogen and oxygen atoms in total. The smallest absolute Gasteiger partial charge is 0.306 e. The summed E-state index contributed by atoms with van der Waals surface area (Å²) in [7, 11) is 0. The Kier molecular flexibility index (Phi) is 46.5. The van der Waals surface area contributed by atoms with Crippen molar-refractivity contribution in [1.29, 1.82) is 0 Å². The van der Waals surface area contributed by atoms with Gasteiger partial charge in [0.2, 0.25) is 0 Å². The van der Waals surface area contributed by atoms with E-state index in [2.05, 4.69) is 93.7 Å². The van der Waals surface area contributed by atoms with E-state index < -0.39 is 6.10 Å². The molecule has 0 saturated heterocycles. The molecule has 0 aliphatic rings. The predicted molar refractivity (Wildman–Crippen MR) is 251 cm³/mol. The Morgan fingerprint density at radius 2 is 0.776 bits per heavy atom. The second-order valence-corrected chi connectivity index (χ2v) is 16.0. The molecule has 334 valence electrons. The van der Waals surface area contributed by atoms with Crippen LogP contribution >= 0.6 is 0 Å². The second-order valence-electron chi connectivity index (χ2n) is 16.0. The maximum Gasteiger partial charge on any atom is 0.306 e. The van der Waals surface area contributed by atoms with Gasteiger partial charge in [0.25, 0.3) is 0 Å². The number of carbonyl (C=O) groups is 2. The van der Waals surface area contributed by atoms with Crippen LogP contribution in [0.3, 0.4) is 0 Å². The second kappa shape index (κ2) is 48.7. The molecule has 0 heterocycles. The Hall–Kier alpha value is -2.66. The molecule has 0 spiro atoms. The molecule has 0 rings (SSSR count). The van der Waals surface area contributed by atoms with Crippen LogP contribution in [0, 0.1) is 0 Å². The van der Waals surface area contributed by atoms with Gasteiger partial charge in [0.15, 0.2) is 6.10 Å². The molecule has 0 aromatic rings. The highest BCUT2D eigenvalue weighted by Gasteiger charge is 2.17. The summed E-state index contributed by atoms with van der Waals surface area (Å²) in [6.45, 7) is 7.64. The normalized spacial score (nSPS) is 12.8. The van der Waals surface area contributed by atoms with Gasteiger partial charge in [-0.25, -0.2) is 0 Å². The largest absolute Gasteiger partial charge is 0.462 e. The molecule has 1 atom stereocenters.